The summed E-state index contributed by atoms with van der Waals surface area (Å²) in [6.45, 7) is 0.917. The van der Waals surface area contributed by atoms with E-state index in [-0.39, 0.29) is 35.5 Å². The molecule has 0 spiro atoms. The Labute approximate surface area is 240 Å². The lowest BCUT2D eigenvalue weighted by atomic mass is 10.0. The lowest BCUT2D eigenvalue weighted by molar-refractivity contribution is -0.126. The van der Waals surface area contributed by atoms with Gasteiger partial charge in [0, 0.05) is 19.7 Å². The van der Waals surface area contributed by atoms with Crippen LogP contribution in [0.15, 0.2) is 42.5 Å². The first-order valence-corrected chi connectivity index (χ1v) is 13.7. The second kappa shape index (κ2) is 13.4. The number of carbonyl (C=O) groups excluding carboxylic acids is 3. The third kappa shape index (κ3) is 6.92. The molecule has 2 heterocycles. The highest BCUT2D eigenvalue weighted by Crippen LogP contribution is 2.31. The molecule has 0 radical (unpaired) electrons. The van der Waals surface area contributed by atoms with E-state index in [1.807, 2.05) is 6.07 Å². The summed E-state index contributed by atoms with van der Waals surface area (Å²) in [5.74, 6) is -1.43. The summed E-state index contributed by atoms with van der Waals surface area (Å²) < 4.78 is 34.2. The minimum Gasteiger partial charge on any atom is -0.493 e. The van der Waals surface area contributed by atoms with E-state index < -0.39 is 29.6 Å². The first-order valence-electron chi connectivity index (χ1n) is 12.9. The third-order valence-corrected chi connectivity index (χ3v) is 7.63. The van der Waals surface area contributed by atoms with E-state index in [2.05, 4.69) is 9.69 Å². The van der Waals surface area contributed by atoms with Crippen LogP contribution < -0.4 is 26.3 Å². The molecule has 41 heavy (non-hydrogen) atoms. The highest BCUT2D eigenvalue weighted by atomic mass is 32.1. The van der Waals surface area contributed by atoms with Crippen LogP contribution in [0.4, 0.5) is 10.1 Å². The van der Waals surface area contributed by atoms with E-state index in [1.54, 1.807) is 12.1 Å². The van der Waals surface area contributed by atoms with Crippen LogP contribution in [0.25, 0.3) is 0 Å². The molecule has 13 heteroatoms. The Balaban J connectivity index is 1.72. The van der Waals surface area contributed by atoms with Gasteiger partial charge >= 0.3 is 0 Å². The minimum absolute atomic E-state index is 0.0369. The van der Waals surface area contributed by atoms with Crippen molar-refractivity contribution in [3.8, 4) is 11.5 Å². The molecule has 3 amide bonds. The zero-order chi connectivity index (χ0) is 29.5. The Bertz CT molecular complexity index is 1390. The maximum absolute atomic E-state index is 14.0. The number of primary amides is 1. The van der Waals surface area contributed by atoms with Crippen molar-refractivity contribution in [3.63, 3.8) is 0 Å². The Morgan fingerprint density at radius 1 is 1.17 bits per heavy atom. The SMILES string of the molecule is COc1ccc(CCN(C(=O)c2snc(C(N)=O)c2N)[C@@H](C(=O)NC[C@@H]2CCCO2)c2ccc(F)cc2)cc1OC. The van der Waals surface area contributed by atoms with Gasteiger partial charge in [-0.3, -0.25) is 14.4 Å². The zero-order valence-electron chi connectivity index (χ0n) is 22.7. The van der Waals surface area contributed by atoms with E-state index in [9.17, 15) is 18.8 Å². The van der Waals surface area contributed by atoms with Gasteiger partial charge in [-0.1, -0.05) is 18.2 Å². The van der Waals surface area contributed by atoms with Gasteiger partial charge in [0.1, 0.15) is 16.7 Å². The predicted molar refractivity (Wildman–Crippen MR) is 150 cm³/mol. The van der Waals surface area contributed by atoms with Crippen molar-refractivity contribution >= 4 is 34.9 Å². The van der Waals surface area contributed by atoms with E-state index in [0.717, 1.165) is 29.9 Å². The summed E-state index contributed by atoms with van der Waals surface area (Å²) in [7, 11) is 3.05. The maximum atomic E-state index is 14.0. The van der Waals surface area contributed by atoms with Crippen LogP contribution in [0, 0.1) is 5.82 Å². The summed E-state index contributed by atoms with van der Waals surface area (Å²) in [6.07, 6.45) is 1.87. The van der Waals surface area contributed by atoms with Gasteiger partial charge in [-0.25, -0.2) is 4.39 Å². The molecule has 1 aromatic heterocycles. The first kappa shape index (κ1) is 29.7. The van der Waals surface area contributed by atoms with Crippen molar-refractivity contribution in [2.45, 2.75) is 31.4 Å². The predicted octanol–water partition coefficient (Wildman–Crippen LogP) is 2.70. The molecule has 3 aromatic rings. The summed E-state index contributed by atoms with van der Waals surface area (Å²) in [5.41, 5.74) is 12.3. The number of benzene rings is 2. The Morgan fingerprint density at radius 2 is 1.90 bits per heavy atom. The molecule has 5 N–H and O–H groups in total. The second-order valence-electron chi connectivity index (χ2n) is 9.41. The van der Waals surface area contributed by atoms with Crippen molar-refractivity contribution in [3.05, 3.63) is 70.0 Å². The van der Waals surface area contributed by atoms with Gasteiger partial charge < -0.3 is 35.9 Å². The fraction of sp³-hybridized carbons (Fsp3) is 0.357. The molecule has 1 aliphatic heterocycles. The van der Waals surface area contributed by atoms with E-state index >= 15 is 0 Å². The average molecular weight is 586 g/mol. The van der Waals surface area contributed by atoms with Crippen LogP contribution in [0.3, 0.4) is 0 Å². The van der Waals surface area contributed by atoms with Crippen molar-refractivity contribution < 1.29 is 33.0 Å². The number of carbonyl (C=O) groups is 3. The molecule has 1 saturated heterocycles. The van der Waals surface area contributed by atoms with E-state index in [0.29, 0.717) is 30.1 Å². The fourth-order valence-corrected chi connectivity index (χ4v) is 5.39. The largest absolute Gasteiger partial charge is 0.493 e. The number of halogens is 1. The van der Waals surface area contributed by atoms with Gasteiger partial charge in [0.25, 0.3) is 11.8 Å². The Morgan fingerprint density at radius 3 is 2.51 bits per heavy atom. The molecule has 11 nitrogen and oxygen atoms in total. The van der Waals surface area contributed by atoms with Crippen LogP contribution in [0.5, 0.6) is 11.5 Å². The average Bonchev–Trinajstić information content (AvgIpc) is 3.64. The molecule has 0 aliphatic carbocycles. The zero-order valence-corrected chi connectivity index (χ0v) is 23.5. The number of aromatic nitrogens is 1. The number of methoxy groups -OCH3 is 2. The maximum Gasteiger partial charge on any atom is 0.270 e. The van der Waals surface area contributed by atoms with Crippen molar-refractivity contribution in [1.29, 1.82) is 0 Å². The smallest absolute Gasteiger partial charge is 0.270 e. The van der Waals surface area contributed by atoms with Crippen molar-refractivity contribution in [2.24, 2.45) is 5.73 Å². The molecular weight excluding hydrogens is 553 g/mol. The minimum atomic E-state index is -1.16. The monoisotopic (exact) mass is 585 g/mol. The van der Waals surface area contributed by atoms with Gasteiger partial charge in [-0.05, 0) is 66.2 Å². The standard InChI is InChI=1S/C28H32FN5O6S/c1-38-20-10-5-16(14-21(20)39-2)11-12-34(28(37)25-22(30)23(26(31)35)33-41-25)24(17-6-8-18(29)9-7-17)27(36)32-15-19-4-3-13-40-19/h5-10,14,19,24H,3-4,11-13,15,30H2,1-2H3,(H2,31,35)(H,32,36)/t19-,24+/m0/s1. The number of rotatable bonds is 12. The Kier molecular flexibility index (Phi) is 9.73. The number of hydrogen-bond donors (Lipinski definition) is 3. The van der Waals surface area contributed by atoms with Crippen LogP contribution >= 0.6 is 11.5 Å². The Hall–Kier alpha value is -4.23. The first-order chi connectivity index (χ1) is 19.7. The molecule has 2 aromatic carbocycles. The third-order valence-electron chi connectivity index (χ3n) is 6.78. The van der Waals surface area contributed by atoms with Gasteiger partial charge in [-0.15, -0.1) is 0 Å². The number of nitrogens with two attached hydrogens (primary N) is 2. The van der Waals surface area contributed by atoms with Crippen LogP contribution in [0.2, 0.25) is 0 Å². The number of nitrogen functional groups attached to an aromatic ring is 1. The number of amides is 3. The molecular formula is C28H32FN5O6S. The van der Waals surface area contributed by atoms with Crippen LogP contribution in [-0.4, -0.2) is 67.0 Å². The molecule has 1 aliphatic rings. The summed E-state index contributed by atoms with van der Waals surface area (Å²) in [6, 6.07) is 9.52. The van der Waals surface area contributed by atoms with Gasteiger partial charge in [0.05, 0.1) is 26.0 Å². The summed E-state index contributed by atoms with van der Waals surface area (Å²) in [4.78, 5) is 40.9. The van der Waals surface area contributed by atoms with E-state index in [4.69, 9.17) is 25.7 Å². The second-order valence-corrected chi connectivity index (χ2v) is 10.2. The number of anilines is 1. The molecule has 4 rings (SSSR count). The van der Waals surface area contributed by atoms with E-state index in [1.165, 1.54) is 43.4 Å². The van der Waals surface area contributed by atoms with Crippen LogP contribution in [0.1, 0.15) is 50.2 Å². The van der Waals surface area contributed by atoms with Crippen molar-refractivity contribution in [1.82, 2.24) is 14.6 Å². The molecule has 0 saturated carbocycles. The molecule has 218 valence electrons. The molecule has 2 atom stereocenters. The highest BCUT2D eigenvalue weighted by Gasteiger charge is 2.35. The number of ether oxygens (including phenoxy) is 3. The number of nitrogens with zero attached hydrogens (tertiary/aromatic N) is 2. The molecule has 0 bridgehead atoms. The molecule has 0 unspecified atom stereocenters. The summed E-state index contributed by atoms with van der Waals surface area (Å²) in [5, 5.41) is 2.89. The lowest BCUT2D eigenvalue weighted by Gasteiger charge is -2.31. The molecule has 1 fully saturated rings. The highest BCUT2D eigenvalue weighted by molar-refractivity contribution is 7.09. The van der Waals surface area contributed by atoms with Gasteiger partial charge in [0.15, 0.2) is 17.2 Å². The lowest BCUT2D eigenvalue weighted by Crippen LogP contribution is -2.46. The quantitative estimate of drug-likeness (QED) is 0.293. The number of nitrogens with one attached hydrogen (secondary N) is 1. The van der Waals surface area contributed by atoms with Crippen LogP contribution in [-0.2, 0) is 16.0 Å². The summed E-state index contributed by atoms with van der Waals surface area (Å²) >= 11 is 0.719. The number of hydrogen-bond acceptors (Lipinski definition) is 9. The van der Waals surface area contributed by atoms with Crippen molar-refractivity contribution in [2.75, 3.05) is 39.6 Å². The van der Waals surface area contributed by atoms with Gasteiger partial charge in [0.2, 0.25) is 5.91 Å². The topological polar surface area (TPSA) is 159 Å². The normalized spacial score (nSPS) is 15.2. The fourth-order valence-electron chi connectivity index (χ4n) is 4.63. The van der Waals surface area contributed by atoms with Gasteiger partial charge in [-0.2, -0.15) is 4.37 Å².